The zero-order valence-electron chi connectivity index (χ0n) is 15.4. The molecule has 2 rings (SSSR count). The molecule has 1 aromatic rings. The lowest BCUT2D eigenvalue weighted by molar-refractivity contribution is -0.117. The van der Waals surface area contributed by atoms with Gasteiger partial charge in [-0.15, -0.1) is 0 Å². The number of carbonyl (C=O) groups is 1. The molecule has 0 aliphatic carbocycles. The van der Waals surface area contributed by atoms with Crippen molar-refractivity contribution in [2.75, 3.05) is 58.5 Å². The molecule has 26 heavy (non-hydrogen) atoms. The molecule has 7 nitrogen and oxygen atoms in total. The Hall–Kier alpha value is -2.72. The number of rotatable bonds is 8. The number of para-hydroxylation sites is 2. The third-order valence-electron chi connectivity index (χ3n) is 4.23. The van der Waals surface area contributed by atoms with Crippen LogP contribution in [0.2, 0.25) is 0 Å². The molecule has 1 N–H and O–H groups in total. The summed E-state index contributed by atoms with van der Waals surface area (Å²) in [5.74, 6) is 0.514. The van der Waals surface area contributed by atoms with Crippen LogP contribution in [0.4, 0.5) is 5.69 Å². The van der Waals surface area contributed by atoms with Gasteiger partial charge in [0.15, 0.2) is 0 Å². The highest BCUT2D eigenvalue weighted by atomic mass is 16.5. The first-order valence-electron chi connectivity index (χ1n) is 8.70. The molecular weight excluding hydrogens is 332 g/mol. The van der Waals surface area contributed by atoms with Crippen LogP contribution in [0.3, 0.4) is 0 Å². The second-order valence-electron chi connectivity index (χ2n) is 5.95. The SMILES string of the molecule is COCCCNC(=O)/C(C#N)=C\N1CCN(c2ccccc2OC)CC1. The van der Waals surface area contributed by atoms with Gasteiger partial charge in [0.25, 0.3) is 5.91 Å². The third-order valence-corrected chi connectivity index (χ3v) is 4.23. The van der Waals surface area contributed by atoms with Gasteiger partial charge >= 0.3 is 0 Å². The zero-order valence-corrected chi connectivity index (χ0v) is 15.4. The predicted octanol–water partition coefficient (Wildman–Crippen LogP) is 1.38. The van der Waals surface area contributed by atoms with E-state index in [2.05, 4.69) is 10.2 Å². The van der Waals surface area contributed by atoms with E-state index in [-0.39, 0.29) is 11.5 Å². The Morgan fingerprint density at radius 1 is 1.27 bits per heavy atom. The molecule has 0 bridgehead atoms. The molecule has 0 atom stereocenters. The average molecular weight is 358 g/mol. The summed E-state index contributed by atoms with van der Waals surface area (Å²) < 4.78 is 10.4. The maximum Gasteiger partial charge on any atom is 0.263 e. The topological polar surface area (TPSA) is 77.8 Å². The van der Waals surface area contributed by atoms with Crippen LogP contribution in [0.25, 0.3) is 0 Å². The number of nitrogens with one attached hydrogen (secondary N) is 1. The van der Waals surface area contributed by atoms with E-state index in [1.54, 1.807) is 20.4 Å². The van der Waals surface area contributed by atoms with E-state index in [0.717, 1.165) is 44.0 Å². The summed E-state index contributed by atoms with van der Waals surface area (Å²) in [4.78, 5) is 16.3. The summed E-state index contributed by atoms with van der Waals surface area (Å²) in [7, 11) is 3.29. The number of amides is 1. The first-order chi connectivity index (χ1) is 12.7. The van der Waals surface area contributed by atoms with Crippen LogP contribution in [0.1, 0.15) is 6.42 Å². The quantitative estimate of drug-likeness (QED) is 0.430. The number of methoxy groups -OCH3 is 2. The number of benzene rings is 1. The van der Waals surface area contributed by atoms with Gasteiger partial charge in [-0.1, -0.05) is 12.1 Å². The maximum absolute atomic E-state index is 12.1. The molecule has 1 heterocycles. The fourth-order valence-electron chi connectivity index (χ4n) is 2.82. The highest BCUT2D eigenvalue weighted by molar-refractivity contribution is 5.97. The lowest BCUT2D eigenvalue weighted by atomic mass is 10.2. The largest absolute Gasteiger partial charge is 0.495 e. The first-order valence-corrected chi connectivity index (χ1v) is 8.70. The molecule has 1 aliphatic heterocycles. The first kappa shape index (κ1) is 19.6. The van der Waals surface area contributed by atoms with Crippen molar-refractivity contribution in [2.45, 2.75) is 6.42 Å². The Morgan fingerprint density at radius 3 is 2.65 bits per heavy atom. The minimum absolute atomic E-state index is 0.133. The van der Waals surface area contributed by atoms with Crippen molar-refractivity contribution in [1.29, 1.82) is 5.26 Å². The van der Waals surface area contributed by atoms with E-state index >= 15 is 0 Å². The van der Waals surface area contributed by atoms with Crippen molar-refractivity contribution in [3.05, 3.63) is 36.0 Å². The van der Waals surface area contributed by atoms with Crippen LogP contribution < -0.4 is 15.0 Å². The van der Waals surface area contributed by atoms with Crippen LogP contribution in [0.5, 0.6) is 5.75 Å². The molecule has 0 aromatic heterocycles. The highest BCUT2D eigenvalue weighted by Gasteiger charge is 2.19. The average Bonchev–Trinajstić information content (AvgIpc) is 2.69. The number of nitriles is 1. The van der Waals surface area contributed by atoms with E-state index in [9.17, 15) is 10.1 Å². The molecule has 1 aliphatic rings. The fourth-order valence-corrected chi connectivity index (χ4v) is 2.82. The molecule has 0 radical (unpaired) electrons. The normalized spacial score (nSPS) is 14.7. The summed E-state index contributed by atoms with van der Waals surface area (Å²) in [6, 6.07) is 9.92. The van der Waals surface area contributed by atoms with E-state index in [0.29, 0.717) is 13.2 Å². The van der Waals surface area contributed by atoms with Gasteiger partial charge in [0.1, 0.15) is 17.4 Å². The van der Waals surface area contributed by atoms with E-state index in [1.807, 2.05) is 35.2 Å². The molecule has 1 fully saturated rings. The number of ether oxygens (including phenoxy) is 2. The van der Waals surface area contributed by atoms with Gasteiger partial charge in [0.05, 0.1) is 12.8 Å². The Balaban J connectivity index is 1.90. The summed E-state index contributed by atoms with van der Waals surface area (Å²) in [6.07, 6.45) is 2.38. The predicted molar refractivity (Wildman–Crippen MR) is 100.0 cm³/mol. The number of hydrogen-bond acceptors (Lipinski definition) is 6. The lowest BCUT2D eigenvalue weighted by Crippen LogP contribution is -2.44. The highest BCUT2D eigenvalue weighted by Crippen LogP contribution is 2.28. The molecule has 1 aromatic carbocycles. The molecular formula is C19H26N4O3. The van der Waals surface area contributed by atoms with Gasteiger partial charge in [-0.3, -0.25) is 4.79 Å². The second kappa shape index (κ2) is 10.3. The number of piperazine rings is 1. The molecule has 140 valence electrons. The minimum atomic E-state index is -0.337. The van der Waals surface area contributed by atoms with Crippen molar-refractivity contribution in [1.82, 2.24) is 10.2 Å². The Kier molecular flexibility index (Phi) is 7.77. The van der Waals surface area contributed by atoms with Gasteiger partial charge in [0.2, 0.25) is 0 Å². The molecule has 1 saturated heterocycles. The summed E-state index contributed by atoms with van der Waals surface area (Å²) >= 11 is 0. The number of carbonyl (C=O) groups excluding carboxylic acids is 1. The fraction of sp³-hybridized carbons (Fsp3) is 0.474. The van der Waals surface area contributed by atoms with Gasteiger partial charge in [-0.25, -0.2) is 0 Å². The summed E-state index contributed by atoms with van der Waals surface area (Å²) in [6.45, 7) is 4.14. The van der Waals surface area contributed by atoms with Crippen molar-refractivity contribution < 1.29 is 14.3 Å². The molecule has 1 amide bonds. The molecule has 0 saturated carbocycles. The van der Waals surface area contributed by atoms with Gasteiger partial charge in [0, 0.05) is 52.6 Å². The van der Waals surface area contributed by atoms with Crippen LogP contribution in [0, 0.1) is 11.3 Å². The van der Waals surface area contributed by atoms with E-state index in [4.69, 9.17) is 9.47 Å². The third kappa shape index (κ3) is 5.39. The van der Waals surface area contributed by atoms with Gasteiger partial charge in [-0.05, 0) is 18.6 Å². The van der Waals surface area contributed by atoms with Crippen LogP contribution >= 0.6 is 0 Å². The van der Waals surface area contributed by atoms with Crippen LogP contribution in [-0.4, -0.2) is 64.4 Å². The number of anilines is 1. The van der Waals surface area contributed by atoms with Crippen LogP contribution in [-0.2, 0) is 9.53 Å². The Bertz CT molecular complexity index is 661. The number of nitrogens with zero attached hydrogens (tertiary/aromatic N) is 3. The van der Waals surface area contributed by atoms with Crippen LogP contribution in [0.15, 0.2) is 36.0 Å². The summed E-state index contributed by atoms with van der Waals surface area (Å²) in [5, 5.41) is 12.0. The number of hydrogen-bond donors (Lipinski definition) is 1. The van der Waals surface area contributed by atoms with E-state index in [1.165, 1.54) is 0 Å². The molecule has 7 heteroatoms. The van der Waals surface area contributed by atoms with Crippen molar-refractivity contribution in [3.8, 4) is 11.8 Å². The van der Waals surface area contributed by atoms with Gasteiger partial charge in [-0.2, -0.15) is 5.26 Å². The second-order valence-corrected chi connectivity index (χ2v) is 5.95. The standard InChI is InChI=1S/C19H26N4O3/c1-25-13-5-8-21-19(24)16(14-20)15-22-9-11-23(12-10-22)17-6-3-4-7-18(17)26-2/h3-4,6-7,15H,5,8-13H2,1-2H3,(H,21,24)/b16-15-. The monoisotopic (exact) mass is 358 g/mol. The van der Waals surface area contributed by atoms with E-state index < -0.39 is 0 Å². The zero-order chi connectivity index (χ0) is 18.8. The van der Waals surface area contributed by atoms with Crippen molar-refractivity contribution in [3.63, 3.8) is 0 Å². The summed E-state index contributed by atoms with van der Waals surface area (Å²) in [5.41, 5.74) is 1.20. The van der Waals surface area contributed by atoms with Crippen molar-refractivity contribution in [2.24, 2.45) is 0 Å². The van der Waals surface area contributed by atoms with Crippen molar-refractivity contribution >= 4 is 11.6 Å². The van der Waals surface area contributed by atoms with Gasteiger partial charge < -0.3 is 24.6 Å². The Morgan fingerprint density at radius 2 is 2.00 bits per heavy atom. The smallest absolute Gasteiger partial charge is 0.263 e. The molecule has 0 unspecified atom stereocenters. The minimum Gasteiger partial charge on any atom is -0.495 e. The molecule has 0 spiro atoms. The lowest BCUT2D eigenvalue weighted by Gasteiger charge is -2.36. The Labute approximate surface area is 154 Å². The maximum atomic E-state index is 12.1.